The van der Waals surface area contributed by atoms with Crippen LogP contribution in [0.25, 0.3) is 0 Å². The van der Waals surface area contributed by atoms with E-state index < -0.39 is 129 Å². The number of rotatable bonds is 20. The number of ether oxygens (including phenoxy) is 5. The summed E-state index contributed by atoms with van der Waals surface area (Å²) in [6.07, 6.45) is -8.85. The highest BCUT2D eigenvalue weighted by Crippen LogP contribution is 2.65. The number of aliphatic hydroxyl groups is 1. The van der Waals surface area contributed by atoms with Crippen LogP contribution in [-0.4, -0.2) is 112 Å². The van der Waals surface area contributed by atoms with Crippen LogP contribution in [0.15, 0.2) is 90.0 Å². The van der Waals surface area contributed by atoms with Gasteiger partial charge in [0.15, 0.2) is 40.2 Å². The Bertz CT molecular complexity index is 2740. The molecule has 7 rings (SSSR count). The number of hydrogen-bond acceptors (Lipinski definition) is 14. The van der Waals surface area contributed by atoms with Gasteiger partial charge in [0.05, 0.1) is 35.6 Å². The van der Waals surface area contributed by atoms with Crippen LogP contribution < -0.4 is 5.32 Å². The molecule has 0 radical (unpaired) electrons. The lowest BCUT2D eigenvalue weighted by molar-refractivity contribution is -0.344. The van der Waals surface area contributed by atoms with Crippen molar-refractivity contribution in [1.82, 2.24) is 5.32 Å². The minimum absolute atomic E-state index is 0.0566. The molecule has 424 valence electrons. The van der Waals surface area contributed by atoms with E-state index in [1.54, 1.807) is 82.3 Å². The summed E-state index contributed by atoms with van der Waals surface area (Å²) in [4.78, 5) is 89.0. The summed E-state index contributed by atoms with van der Waals surface area (Å²) in [5.41, 5.74) is -6.52. The standard InChI is InChI=1S/C59H77Cl2NO14Si2/c1-13-77(14-2,15-3)75-44-32-45-58(34-70-45,74-37(9)64)50-52(73-54(67)40-29-41(60)31-42(61)30-40)59(69)33-43(35(7)46(56(59,10)11)48(71-36(8)63)51(65)57(44,50)12)72-55(68)49(76-78(16-4,17-5)18-6)47(38-25-21-19-22-26-38)62-53(66)39-27-23-20-24-28-39/h19-31,43-45,47-50,52,69H,13-18,32-34H2,1-12H3,(H,62,66)/t43-,44-,45+,47-,48+,49+,50-,52-,57+,58-,59+/m0/s1. The van der Waals surface area contributed by atoms with Crippen molar-refractivity contribution in [2.45, 2.75) is 186 Å². The van der Waals surface area contributed by atoms with Gasteiger partial charge in [-0.2, -0.15) is 0 Å². The SMILES string of the molecule is CC[Si](CC)(CC)O[C@H]1C[C@H]2OC[C@@]2(OC(C)=O)[C@H]2[C@H](OC(=O)c3cc(Cl)cc(Cl)c3)[C@]3(O)C[C@H](OC(=O)[C@H](O[Si](CC)(CC)CC)[C@@H](NC(=O)c4ccccc4)c4ccccc4)C(C)=C([C@@H](OC(C)=O)C(=O)[C@]12C)C3(C)C. The number of halogens is 2. The van der Waals surface area contributed by atoms with E-state index in [9.17, 15) is 19.5 Å². The number of carbonyl (C=O) groups is 6. The third-order valence-corrected chi connectivity index (χ3v) is 27.9. The maximum atomic E-state index is 16.7. The second-order valence-electron chi connectivity index (χ2n) is 22.3. The number of hydrogen-bond donors (Lipinski definition) is 2. The zero-order valence-corrected chi connectivity index (χ0v) is 50.5. The van der Waals surface area contributed by atoms with Crippen LogP contribution in [0.2, 0.25) is 46.3 Å². The Kier molecular flexibility index (Phi) is 18.6. The van der Waals surface area contributed by atoms with Crippen molar-refractivity contribution in [3.8, 4) is 0 Å². The molecule has 2 bridgehead atoms. The number of carbonyl (C=O) groups excluding carboxylic acids is 6. The molecular formula is C59H77Cl2NO14Si2. The van der Waals surface area contributed by atoms with Crippen molar-refractivity contribution in [2.75, 3.05) is 6.61 Å². The zero-order valence-electron chi connectivity index (χ0n) is 47.0. The van der Waals surface area contributed by atoms with Crippen molar-refractivity contribution in [2.24, 2.45) is 16.7 Å². The number of fused-ring (bicyclic) bond motifs is 5. The monoisotopic (exact) mass is 1150 g/mol. The predicted octanol–water partition coefficient (Wildman–Crippen LogP) is 11.1. The molecule has 1 amide bonds. The van der Waals surface area contributed by atoms with Gasteiger partial charge in [0.2, 0.25) is 0 Å². The molecule has 3 aromatic carbocycles. The molecule has 0 aromatic heterocycles. The minimum atomic E-state index is -2.78. The first-order valence-corrected chi connectivity index (χ1v) is 33.2. The molecule has 15 nitrogen and oxygen atoms in total. The molecule has 0 spiro atoms. The van der Waals surface area contributed by atoms with E-state index in [0.29, 0.717) is 47.4 Å². The molecule has 2 saturated carbocycles. The van der Waals surface area contributed by atoms with Gasteiger partial charge in [-0.3, -0.25) is 19.2 Å². The summed E-state index contributed by atoms with van der Waals surface area (Å²) in [6, 6.07) is 24.5. The Hall–Kier alpha value is -4.73. The molecule has 1 heterocycles. The molecule has 11 atom stereocenters. The maximum Gasteiger partial charge on any atom is 0.338 e. The maximum absolute atomic E-state index is 16.7. The average molecular weight is 1150 g/mol. The molecule has 4 aliphatic rings. The largest absolute Gasteiger partial charge is 0.456 e. The molecule has 3 aliphatic carbocycles. The number of esters is 4. The van der Waals surface area contributed by atoms with E-state index in [0.717, 1.165) is 0 Å². The normalized spacial score (nSPS) is 28.3. The highest BCUT2D eigenvalue weighted by atomic mass is 35.5. The summed E-state index contributed by atoms with van der Waals surface area (Å²) in [7, 11) is -5.47. The highest BCUT2D eigenvalue weighted by Gasteiger charge is 2.79. The van der Waals surface area contributed by atoms with Crippen LogP contribution in [0, 0.1) is 16.7 Å². The van der Waals surface area contributed by atoms with Crippen molar-refractivity contribution in [1.29, 1.82) is 0 Å². The molecule has 3 fully saturated rings. The van der Waals surface area contributed by atoms with E-state index in [1.807, 2.05) is 47.6 Å². The van der Waals surface area contributed by atoms with Crippen LogP contribution in [-0.2, 0) is 51.7 Å². The Labute approximate surface area is 471 Å². The fourth-order valence-electron chi connectivity index (χ4n) is 13.1. The summed E-state index contributed by atoms with van der Waals surface area (Å²) >= 11 is 13.0. The number of ketones is 1. The Morgan fingerprint density at radius 2 is 1.33 bits per heavy atom. The lowest BCUT2D eigenvalue weighted by Crippen LogP contribution is -2.82. The fourth-order valence-corrected chi connectivity index (χ4v) is 19.3. The molecule has 1 saturated heterocycles. The molecule has 3 aromatic rings. The molecule has 2 N–H and O–H groups in total. The third kappa shape index (κ3) is 11.1. The van der Waals surface area contributed by atoms with Crippen molar-refractivity contribution in [3.05, 3.63) is 117 Å². The predicted molar refractivity (Wildman–Crippen MR) is 300 cm³/mol. The molecular weight excluding hydrogens is 1070 g/mol. The van der Waals surface area contributed by atoms with Gasteiger partial charge >= 0.3 is 23.9 Å². The van der Waals surface area contributed by atoms with Crippen molar-refractivity contribution < 1.29 is 66.4 Å². The minimum Gasteiger partial charge on any atom is -0.456 e. The van der Waals surface area contributed by atoms with Gasteiger partial charge in [-0.25, -0.2) is 9.59 Å². The molecule has 0 unspecified atom stereocenters. The number of amides is 1. The van der Waals surface area contributed by atoms with Gasteiger partial charge < -0.3 is 43.0 Å². The quantitative estimate of drug-likeness (QED) is 0.0469. The highest BCUT2D eigenvalue weighted by molar-refractivity contribution is 6.74. The van der Waals surface area contributed by atoms with Crippen molar-refractivity contribution >= 4 is 75.4 Å². The lowest BCUT2D eigenvalue weighted by Gasteiger charge is -2.68. The van der Waals surface area contributed by atoms with E-state index in [-0.39, 0.29) is 39.8 Å². The first-order valence-electron chi connectivity index (χ1n) is 27.4. The Morgan fingerprint density at radius 1 is 0.769 bits per heavy atom. The van der Waals surface area contributed by atoms with Gasteiger partial charge in [0.1, 0.15) is 23.9 Å². The van der Waals surface area contributed by atoms with Crippen molar-refractivity contribution in [3.63, 3.8) is 0 Å². The van der Waals surface area contributed by atoms with Crippen LogP contribution >= 0.6 is 23.2 Å². The topological polar surface area (TPSA) is 199 Å². The van der Waals surface area contributed by atoms with Crippen LogP contribution in [0.3, 0.4) is 0 Å². The van der Waals surface area contributed by atoms with E-state index in [2.05, 4.69) is 5.32 Å². The van der Waals surface area contributed by atoms with Gasteiger partial charge in [-0.1, -0.05) is 127 Å². The first kappa shape index (κ1) is 60.9. The molecule has 1 aliphatic heterocycles. The van der Waals surface area contributed by atoms with Gasteiger partial charge in [-0.05, 0) is 97.2 Å². The summed E-state index contributed by atoms with van der Waals surface area (Å²) in [5.74, 6) is -6.07. The Morgan fingerprint density at radius 3 is 1.85 bits per heavy atom. The average Bonchev–Trinajstić information content (AvgIpc) is 3.02. The second-order valence-corrected chi connectivity index (χ2v) is 32.6. The van der Waals surface area contributed by atoms with E-state index >= 15 is 14.4 Å². The van der Waals surface area contributed by atoms with E-state index in [4.69, 9.17) is 55.7 Å². The number of nitrogens with one attached hydrogen (secondary N) is 1. The van der Waals surface area contributed by atoms with Crippen LogP contribution in [0.4, 0.5) is 0 Å². The smallest absolute Gasteiger partial charge is 0.338 e. The van der Waals surface area contributed by atoms with Gasteiger partial charge in [-0.15, -0.1) is 0 Å². The zero-order chi connectivity index (χ0) is 57.3. The summed E-state index contributed by atoms with van der Waals surface area (Å²) < 4.78 is 47.1. The Balaban J connectivity index is 1.51. The first-order chi connectivity index (χ1) is 36.8. The van der Waals surface area contributed by atoms with Gasteiger partial charge in [0, 0.05) is 47.7 Å². The van der Waals surface area contributed by atoms with Crippen LogP contribution in [0.5, 0.6) is 0 Å². The second kappa shape index (κ2) is 23.8. The van der Waals surface area contributed by atoms with Crippen LogP contribution in [0.1, 0.15) is 128 Å². The van der Waals surface area contributed by atoms with Gasteiger partial charge in [0.25, 0.3) is 5.91 Å². The lowest BCUT2D eigenvalue weighted by atomic mass is 9.44. The number of benzene rings is 3. The molecule has 78 heavy (non-hydrogen) atoms. The summed E-state index contributed by atoms with van der Waals surface area (Å²) in [5, 5.41) is 17.8. The van der Waals surface area contributed by atoms with E-state index in [1.165, 1.54) is 32.0 Å². The summed E-state index contributed by atoms with van der Waals surface area (Å²) in [6.45, 7) is 20.9. The third-order valence-electron chi connectivity index (χ3n) is 18.1. The molecule has 19 heteroatoms. The number of Topliss-reactive ketones (excluding diaryl/α,β-unsaturated/α-hetero) is 1. The fraction of sp³-hybridized carbons (Fsp3) is 0.559.